The molecule has 26 heavy (non-hydrogen) atoms. The Morgan fingerprint density at radius 2 is 1.85 bits per heavy atom. The molecule has 2 rings (SSSR count). The first-order valence-electron chi connectivity index (χ1n) is 8.34. The van der Waals surface area contributed by atoms with Crippen LogP contribution in [0, 0.1) is 6.92 Å². The largest absolute Gasteiger partial charge is 0.507 e. The second-order valence-corrected chi connectivity index (χ2v) is 5.90. The first-order valence-corrected chi connectivity index (χ1v) is 8.34. The Kier molecular flexibility index (Phi) is 6.60. The third-order valence-corrected chi connectivity index (χ3v) is 3.98. The van der Waals surface area contributed by atoms with Crippen LogP contribution in [0.15, 0.2) is 42.5 Å². The topological polar surface area (TPSA) is 84.9 Å². The molecule has 0 saturated carbocycles. The molecule has 1 amide bonds. The summed E-state index contributed by atoms with van der Waals surface area (Å²) in [6, 6.07) is 12.0. The fourth-order valence-corrected chi connectivity index (χ4v) is 2.48. The number of carbonyl (C=O) groups excluding carboxylic acids is 2. The minimum atomic E-state index is -0.774. The molecule has 0 radical (unpaired) electrons. The maximum absolute atomic E-state index is 12.1. The number of nitrogens with one attached hydrogen (secondary N) is 1. The van der Waals surface area contributed by atoms with Crippen LogP contribution >= 0.6 is 0 Å². The average molecular weight is 357 g/mol. The monoisotopic (exact) mass is 357 g/mol. The molecule has 0 aliphatic carbocycles. The highest BCUT2D eigenvalue weighted by atomic mass is 16.5. The zero-order chi connectivity index (χ0) is 19.1. The summed E-state index contributed by atoms with van der Waals surface area (Å²) in [7, 11) is 1.45. The van der Waals surface area contributed by atoms with E-state index in [1.54, 1.807) is 0 Å². The minimum absolute atomic E-state index is 0.0239. The molecule has 0 aliphatic rings. The van der Waals surface area contributed by atoms with Gasteiger partial charge in [-0.2, -0.15) is 0 Å². The van der Waals surface area contributed by atoms with Gasteiger partial charge in [0.05, 0.1) is 13.2 Å². The Balaban J connectivity index is 1.93. The smallest absolute Gasteiger partial charge is 0.342 e. The zero-order valence-corrected chi connectivity index (χ0v) is 15.1. The summed E-state index contributed by atoms with van der Waals surface area (Å²) in [5, 5.41) is 12.7. The number of rotatable bonds is 7. The second-order valence-electron chi connectivity index (χ2n) is 5.90. The van der Waals surface area contributed by atoms with E-state index in [-0.39, 0.29) is 17.4 Å². The maximum Gasteiger partial charge on any atom is 0.342 e. The molecule has 2 aromatic rings. The highest BCUT2D eigenvalue weighted by molar-refractivity contribution is 5.94. The van der Waals surface area contributed by atoms with Crippen molar-refractivity contribution in [1.82, 2.24) is 5.32 Å². The lowest BCUT2D eigenvalue weighted by atomic mass is 10.0. The summed E-state index contributed by atoms with van der Waals surface area (Å²) >= 11 is 0. The predicted molar refractivity (Wildman–Crippen MR) is 97.3 cm³/mol. The van der Waals surface area contributed by atoms with Gasteiger partial charge in [-0.3, -0.25) is 4.79 Å². The van der Waals surface area contributed by atoms with Crippen molar-refractivity contribution in [2.75, 3.05) is 13.7 Å². The van der Waals surface area contributed by atoms with Crippen molar-refractivity contribution in [3.05, 3.63) is 59.2 Å². The number of hydrogen-bond acceptors (Lipinski definition) is 5. The van der Waals surface area contributed by atoms with Gasteiger partial charge in [0.1, 0.15) is 17.1 Å². The fourth-order valence-electron chi connectivity index (χ4n) is 2.48. The number of phenols is 1. The van der Waals surface area contributed by atoms with Crippen molar-refractivity contribution in [3.8, 4) is 11.5 Å². The van der Waals surface area contributed by atoms with Gasteiger partial charge in [-0.05, 0) is 31.0 Å². The van der Waals surface area contributed by atoms with Gasteiger partial charge in [0.25, 0.3) is 5.91 Å². The normalized spacial score (nSPS) is 11.5. The van der Waals surface area contributed by atoms with Crippen LogP contribution in [-0.4, -0.2) is 30.7 Å². The van der Waals surface area contributed by atoms with Crippen LogP contribution in [0.3, 0.4) is 0 Å². The number of aryl methyl sites for hydroxylation is 1. The number of phenolic OH excluding ortho intramolecular Hbond substituents is 1. The molecule has 2 N–H and O–H groups in total. The highest BCUT2D eigenvalue weighted by Crippen LogP contribution is 2.24. The van der Waals surface area contributed by atoms with Crippen LogP contribution in [0.4, 0.5) is 0 Å². The van der Waals surface area contributed by atoms with Crippen LogP contribution in [0.2, 0.25) is 0 Å². The van der Waals surface area contributed by atoms with Gasteiger partial charge in [0.2, 0.25) is 0 Å². The number of esters is 1. The standard InChI is InChI=1S/C20H23NO5/c1-4-17(14-7-5-13(2)6-8-14)21-19(23)12-26-20(24)16-10-9-15(25-3)11-18(16)22/h5-11,17,22H,4,12H2,1-3H3,(H,21,23)/t17-/m0/s1. The quantitative estimate of drug-likeness (QED) is 0.744. The van der Waals surface area contributed by atoms with Crippen LogP contribution in [-0.2, 0) is 9.53 Å². The zero-order valence-electron chi connectivity index (χ0n) is 15.1. The third-order valence-electron chi connectivity index (χ3n) is 3.98. The summed E-state index contributed by atoms with van der Waals surface area (Å²) < 4.78 is 9.95. The molecule has 0 spiro atoms. The van der Waals surface area contributed by atoms with Crippen molar-refractivity contribution >= 4 is 11.9 Å². The number of methoxy groups -OCH3 is 1. The van der Waals surface area contributed by atoms with Gasteiger partial charge in [-0.1, -0.05) is 36.8 Å². The molecule has 1 atom stereocenters. The molecule has 138 valence electrons. The van der Waals surface area contributed by atoms with E-state index in [2.05, 4.69) is 5.32 Å². The average Bonchev–Trinajstić information content (AvgIpc) is 2.64. The number of benzene rings is 2. The van der Waals surface area contributed by atoms with Crippen molar-refractivity contribution in [1.29, 1.82) is 0 Å². The SMILES string of the molecule is CC[C@H](NC(=O)COC(=O)c1ccc(OC)cc1O)c1ccc(C)cc1. The molecular weight excluding hydrogens is 334 g/mol. The molecule has 0 saturated heterocycles. The van der Waals surface area contributed by atoms with Crippen LogP contribution in [0.25, 0.3) is 0 Å². The van der Waals surface area contributed by atoms with E-state index in [4.69, 9.17) is 9.47 Å². The highest BCUT2D eigenvalue weighted by Gasteiger charge is 2.17. The fraction of sp³-hybridized carbons (Fsp3) is 0.300. The van der Waals surface area contributed by atoms with Gasteiger partial charge in [0, 0.05) is 6.07 Å². The minimum Gasteiger partial charge on any atom is -0.507 e. The Morgan fingerprint density at radius 1 is 1.15 bits per heavy atom. The Hall–Kier alpha value is -3.02. The van der Waals surface area contributed by atoms with Crippen molar-refractivity contribution in [3.63, 3.8) is 0 Å². The lowest BCUT2D eigenvalue weighted by molar-refractivity contribution is -0.125. The van der Waals surface area contributed by atoms with Crippen molar-refractivity contribution in [2.45, 2.75) is 26.3 Å². The number of ether oxygens (including phenoxy) is 2. The Morgan fingerprint density at radius 3 is 2.42 bits per heavy atom. The summed E-state index contributed by atoms with van der Waals surface area (Å²) in [4.78, 5) is 24.1. The molecular formula is C20H23NO5. The molecule has 0 fully saturated rings. The molecule has 0 heterocycles. The van der Waals surface area contributed by atoms with Gasteiger partial charge in [0.15, 0.2) is 6.61 Å². The van der Waals surface area contributed by atoms with E-state index in [0.29, 0.717) is 12.2 Å². The predicted octanol–water partition coefficient (Wildman–Crippen LogP) is 3.13. The molecule has 0 unspecified atom stereocenters. The molecule has 6 nitrogen and oxygen atoms in total. The van der Waals surface area contributed by atoms with Crippen LogP contribution in [0.1, 0.15) is 40.9 Å². The number of aromatic hydroxyl groups is 1. The van der Waals surface area contributed by atoms with Gasteiger partial charge >= 0.3 is 5.97 Å². The molecule has 2 aromatic carbocycles. The first kappa shape index (κ1) is 19.3. The number of hydrogen-bond donors (Lipinski definition) is 2. The van der Waals surface area contributed by atoms with E-state index in [0.717, 1.165) is 11.1 Å². The lowest BCUT2D eigenvalue weighted by Crippen LogP contribution is -2.32. The van der Waals surface area contributed by atoms with Gasteiger partial charge < -0.3 is 19.9 Å². The van der Waals surface area contributed by atoms with E-state index in [1.807, 2.05) is 38.1 Å². The third kappa shape index (κ3) is 4.99. The van der Waals surface area contributed by atoms with Crippen molar-refractivity contribution < 1.29 is 24.2 Å². The van der Waals surface area contributed by atoms with E-state index in [1.165, 1.54) is 25.3 Å². The molecule has 0 aliphatic heterocycles. The molecule has 0 bridgehead atoms. The van der Waals surface area contributed by atoms with Crippen LogP contribution < -0.4 is 10.1 Å². The van der Waals surface area contributed by atoms with Gasteiger partial charge in [-0.25, -0.2) is 4.79 Å². The van der Waals surface area contributed by atoms with E-state index < -0.39 is 18.5 Å². The summed E-state index contributed by atoms with van der Waals surface area (Å²) in [6.07, 6.45) is 0.710. The number of amides is 1. The lowest BCUT2D eigenvalue weighted by Gasteiger charge is -2.17. The van der Waals surface area contributed by atoms with Crippen LogP contribution in [0.5, 0.6) is 11.5 Å². The Bertz CT molecular complexity index is 770. The Labute approximate surface area is 152 Å². The number of carbonyl (C=O) groups is 2. The van der Waals surface area contributed by atoms with Gasteiger partial charge in [-0.15, -0.1) is 0 Å². The van der Waals surface area contributed by atoms with E-state index in [9.17, 15) is 14.7 Å². The summed E-state index contributed by atoms with van der Waals surface area (Å²) in [5.74, 6) is -1.02. The first-order chi connectivity index (χ1) is 12.4. The maximum atomic E-state index is 12.1. The van der Waals surface area contributed by atoms with Crippen molar-refractivity contribution in [2.24, 2.45) is 0 Å². The summed E-state index contributed by atoms with van der Waals surface area (Å²) in [5.41, 5.74) is 2.11. The molecule has 0 aromatic heterocycles. The second kappa shape index (κ2) is 8.89. The van der Waals surface area contributed by atoms with E-state index >= 15 is 0 Å². The molecule has 6 heteroatoms. The summed E-state index contributed by atoms with van der Waals surface area (Å²) in [6.45, 7) is 3.54.